The number of ether oxygens (including phenoxy) is 1. The highest BCUT2D eigenvalue weighted by atomic mass is 19.1. The Bertz CT molecular complexity index is 887. The van der Waals surface area contributed by atoms with E-state index in [1.807, 2.05) is 14.0 Å². The maximum absolute atomic E-state index is 13.8. The van der Waals surface area contributed by atoms with E-state index in [4.69, 9.17) is 4.74 Å². The zero-order valence-electron chi connectivity index (χ0n) is 14.3. The van der Waals surface area contributed by atoms with Gasteiger partial charge in [0.25, 0.3) is 0 Å². The second-order valence-electron chi connectivity index (χ2n) is 5.69. The minimum absolute atomic E-state index is 0.206. The summed E-state index contributed by atoms with van der Waals surface area (Å²) >= 11 is 0. The first-order valence-electron chi connectivity index (χ1n) is 7.75. The van der Waals surface area contributed by atoms with Crippen molar-refractivity contribution < 1.29 is 13.5 Å². The number of aryl methyl sites for hydroxylation is 2. The van der Waals surface area contributed by atoms with Gasteiger partial charge in [-0.3, -0.25) is 0 Å². The standard InChI is InChI=1S/C17H19F2N5O/c1-11-14(17(25-3)23(2)22-11)9-20-7-12-8-21-24(10-12)16-5-4-13(18)6-15(16)19/h4-6,8,10,20H,7,9H2,1-3H3. The number of nitrogens with zero attached hydrogens (tertiary/aromatic N) is 4. The largest absolute Gasteiger partial charge is 0.481 e. The van der Waals surface area contributed by atoms with Gasteiger partial charge in [0.05, 0.1) is 24.6 Å². The third kappa shape index (κ3) is 3.53. The molecule has 0 spiro atoms. The summed E-state index contributed by atoms with van der Waals surface area (Å²) in [4.78, 5) is 0. The van der Waals surface area contributed by atoms with Crippen LogP contribution < -0.4 is 10.1 Å². The molecule has 2 aromatic heterocycles. The Morgan fingerprint density at radius 1 is 1.24 bits per heavy atom. The van der Waals surface area contributed by atoms with Gasteiger partial charge in [-0.25, -0.2) is 18.1 Å². The molecule has 2 heterocycles. The molecule has 0 bridgehead atoms. The number of hydrogen-bond donors (Lipinski definition) is 1. The van der Waals surface area contributed by atoms with Gasteiger partial charge < -0.3 is 10.1 Å². The molecule has 0 fully saturated rings. The quantitative estimate of drug-likeness (QED) is 0.744. The fourth-order valence-electron chi connectivity index (χ4n) is 2.72. The Kier molecular flexibility index (Phi) is 4.80. The van der Waals surface area contributed by atoms with Crippen LogP contribution in [0.1, 0.15) is 16.8 Å². The van der Waals surface area contributed by atoms with Gasteiger partial charge in [0.15, 0.2) is 5.82 Å². The lowest BCUT2D eigenvalue weighted by Crippen LogP contribution is -2.13. The monoisotopic (exact) mass is 347 g/mol. The number of rotatable bonds is 6. The highest BCUT2D eigenvalue weighted by Crippen LogP contribution is 2.20. The topological polar surface area (TPSA) is 56.9 Å². The fraction of sp³-hybridized carbons (Fsp3) is 0.294. The summed E-state index contributed by atoms with van der Waals surface area (Å²) in [6, 6.07) is 3.40. The lowest BCUT2D eigenvalue weighted by molar-refractivity contribution is 0.368. The normalized spacial score (nSPS) is 11.1. The van der Waals surface area contributed by atoms with Crippen molar-refractivity contribution in [3.8, 4) is 11.6 Å². The first kappa shape index (κ1) is 17.1. The van der Waals surface area contributed by atoms with Crippen LogP contribution in [0.4, 0.5) is 8.78 Å². The Balaban J connectivity index is 1.67. The van der Waals surface area contributed by atoms with Crippen LogP contribution in [0.2, 0.25) is 0 Å². The highest BCUT2D eigenvalue weighted by molar-refractivity contribution is 5.34. The molecule has 3 aromatic rings. The van der Waals surface area contributed by atoms with E-state index in [-0.39, 0.29) is 5.69 Å². The molecule has 0 atom stereocenters. The van der Waals surface area contributed by atoms with Crippen LogP contribution in [0.25, 0.3) is 5.69 Å². The minimum atomic E-state index is -0.654. The smallest absolute Gasteiger partial charge is 0.216 e. The molecule has 0 unspecified atom stereocenters. The van der Waals surface area contributed by atoms with E-state index in [0.717, 1.165) is 22.9 Å². The van der Waals surface area contributed by atoms with Gasteiger partial charge in [0, 0.05) is 38.0 Å². The van der Waals surface area contributed by atoms with Crippen molar-refractivity contribution in [1.29, 1.82) is 0 Å². The van der Waals surface area contributed by atoms with Gasteiger partial charge in [0.1, 0.15) is 11.5 Å². The average molecular weight is 347 g/mol. The van der Waals surface area contributed by atoms with Crippen molar-refractivity contribution in [3.05, 3.63) is 59.0 Å². The molecule has 132 valence electrons. The van der Waals surface area contributed by atoms with Gasteiger partial charge in [-0.05, 0) is 19.1 Å². The summed E-state index contributed by atoms with van der Waals surface area (Å²) < 4.78 is 35.2. The van der Waals surface area contributed by atoms with Crippen molar-refractivity contribution in [2.75, 3.05) is 7.11 Å². The third-order valence-electron chi connectivity index (χ3n) is 3.91. The molecule has 6 nitrogen and oxygen atoms in total. The van der Waals surface area contributed by atoms with E-state index in [1.54, 1.807) is 24.2 Å². The summed E-state index contributed by atoms with van der Waals surface area (Å²) in [5, 5.41) is 11.8. The van der Waals surface area contributed by atoms with Crippen molar-refractivity contribution >= 4 is 0 Å². The molecule has 1 aromatic carbocycles. The molecular weight excluding hydrogens is 328 g/mol. The van der Waals surface area contributed by atoms with Crippen LogP contribution in [0.3, 0.4) is 0 Å². The summed E-state index contributed by atoms with van der Waals surface area (Å²) in [6.07, 6.45) is 3.35. The van der Waals surface area contributed by atoms with Gasteiger partial charge in [0.2, 0.25) is 5.88 Å². The average Bonchev–Trinajstić information content (AvgIpc) is 3.12. The van der Waals surface area contributed by atoms with Crippen molar-refractivity contribution in [2.24, 2.45) is 7.05 Å². The van der Waals surface area contributed by atoms with Gasteiger partial charge in [-0.15, -0.1) is 0 Å². The van der Waals surface area contributed by atoms with E-state index < -0.39 is 11.6 Å². The Morgan fingerprint density at radius 3 is 2.76 bits per heavy atom. The highest BCUT2D eigenvalue weighted by Gasteiger charge is 2.13. The molecule has 0 saturated heterocycles. The Morgan fingerprint density at radius 2 is 2.04 bits per heavy atom. The molecule has 1 N–H and O–H groups in total. The fourth-order valence-corrected chi connectivity index (χ4v) is 2.72. The number of methoxy groups -OCH3 is 1. The molecule has 3 rings (SSSR count). The summed E-state index contributed by atoms with van der Waals surface area (Å²) in [5.74, 6) is -0.552. The molecule has 25 heavy (non-hydrogen) atoms. The van der Waals surface area contributed by atoms with Gasteiger partial charge >= 0.3 is 0 Å². The zero-order valence-corrected chi connectivity index (χ0v) is 14.3. The summed E-state index contributed by atoms with van der Waals surface area (Å²) in [6.45, 7) is 3.05. The molecule has 8 heteroatoms. The van der Waals surface area contributed by atoms with E-state index in [1.165, 1.54) is 16.8 Å². The maximum Gasteiger partial charge on any atom is 0.216 e. The molecule has 0 radical (unpaired) electrons. The number of nitrogens with one attached hydrogen (secondary N) is 1. The number of hydrogen-bond acceptors (Lipinski definition) is 4. The van der Waals surface area contributed by atoms with Crippen molar-refractivity contribution in [3.63, 3.8) is 0 Å². The lowest BCUT2D eigenvalue weighted by Gasteiger charge is -2.06. The van der Waals surface area contributed by atoms with E-state index in [0.29, 0.717) is 19.0 Å². The SMILES string of the molecule is COc1c(CNCc2cnn(-c3ccc(F)cc3F)c2)c(C)nn1C. The van der Waals surface area contributed by atoms with Crippen LogP contribution in [0.5, 0.6) is 5.88 Å². The van der Waals surface area contributed by atoms with Crippen LogP contribution in [-0.2, 0) is 20.1 Å². The second kappa shape index (κ2) is 7.02. The minimum Gasteiger partial charge on any atom is -0.481 e. The zero-order chi connectivity index (χ0) is 18.0. The molecule has 0 aliphatic heterocycles. The molecule has 0 saturated carbocycles. The van der Waals surface area contributed by atoms with E-state index in [9.17, 15) is 8.78 Å². The van der Waals surface area contributed by atoms with Crippen LogP contribution >= 0.6 is 0 Å². The van der Waals surface area contributed by atoms with Crippen LogP contribution in [0, 0.1) is 18.6 Å². The molecule has 0 aliphatic carbocycles. The molecule has 0 aliphatic rings. The molecule has 0 amide bonds. The van der Waals surface area contributed by atoms with Crippen molar-refractivity contribution in [1.82, 2.24) is 24.9 Å². The van der Waals surface area contributed by atoms with Gasteiger partial charge in [-0.2, -0.15) is 10.2 Å². The van der Waals surface area contributed by atoms with Crippen molar-refractivity contribution in [2.45, 2.75) is 20.0 Å². The van der Waals surface area contributed by atoms with Crippen LogP contribution in [0.15, 0.2) is 30.6 Å². The van der Waals surface area contributed by atoms with Gasteiger partial charge in [-0.1, -0.05) is 0 Å². The number of halogens is 2. The predicted molar refractivity (Wildman–Crippen MR) is 88.5 cm³/mol. The Labute approximate surface area is 144 Å². The van der Waals surface area contributed by atoms with Crippen LogP contribution in [-0.4, -0.2) is 26.7 Å². The maximum atomic E-state index is 13.8. The first-order chi connectivity index (χ1) is 12.0. The first-order valence-corrected chi connectivity index (χ1v) is 7.75. The lowest BCUT2D eigenvalue weighted by atomic mass is 10.2. The predicted octanol–water partition coefficient (Wildman–Crippen LogP) is 2.49. The van der Waals surface area contributed by atoms with E-state index >= 15 is 0 Å². The molecular formula is C17H19F2N5O. The van der Waals surface area contributed by atoms with E-state index in [2.05, 4.69) is 15.5 Å². The Hall–Kier alpha value is -2.74. The number of aromatic nitrogens is 4. The third-order valence-corrected chi connectivity index (χ3v) is 3.91. The summed E-state index contributed by atoms with van der Waals surface area (Å²) in [5.41, 5.74) is 2.97. The number of benzene rings is 1. The summed E-state index contributed by atoms with van der Waals surface area (Å²) in [7, 11) is 3.44. The second-order valence-corrected chi connectivity index (χ2v) is 5.69.